The van der Waals surface area contributed by atoms with Gasteiger partial charge in [0, 0.05) is 0 Å². The summed E-state index contributed by atoms with van der Waals surface area (Å²) in [6, 6.07) is 7.46. The van der Waals surface area contributed by atoms with Gasteiger partial charge in [-0.15, -0.1) is 0 Å². The molecule has 1 saturated heterocycles. The molecule has 0 aliphatic carbocycles. The SMILES string of the molecule is O=C1NC(=O)/C(=C/c2cnc3ccccc3n2)S1. The molecule has 0 radical (unpaired) electrons. The lowest BCUT2D eigenvalue weighted by Gasteiger charge is -1.98. The smallest absolute Gasteiger partial charge is 0.282 e. The molecule has 3 rings (SSSR count). The number of imide groups is 1. The van der Waals surface area contributed by atoms with E-state index in [0.717, 1.165) is 22.8 Å². The maximum Gasteiger partial charge on any atom is 0.290 e. The molecule has 0 unspecified atom stereocenters. The zero-order valence-electron chi connectivity index (χ0n) is 9.08. The van der Waals surface area contributed by atoms with Crippen LogP contribution in [0.4, 0.5) is 4.79 Å². The molecule has 1 N–H and O–H groups in total. The lowest BCUT2D eigenvalue weighted by Crippen LogP contribution is -2.17. The minimum Gasteiger partial charge on any atom is -0.282 e. The zero-order chi connectivity index (χ0) is 12.5. The van der Waals surface area contributed by atoms with Crippen molar-refractivity contribution in [3.05, 3.63) is 41.1 Å². The summed E-state index contributed by atoms with van der Waals surface area (Å²) < 4.78 is 0. The van der Waals surface area contributed by atoms with E-state index in [1.807, 2.05) is 24.3 Å². The number of hydrogen-bond donors (Lipinski definition) is 1. The van der Waals surface area contributed by atoms with Crippen LogP contribution in [0.3, 0.4) is 0 Å². The zero-order valence-corrected chi connectivity index (χ0v) is 9.90. The maximum absolute atomic E-state index is 11.4. The number of amides is 2. The van der Waals surface area contributed by atoms with Gasteiger partial charge in [0.15, 0.2) is 0 Å². The van der Waals surface area contributed by atoms with Crippen molar-refractivity contribution in [2.45, 2.75) is 0 Å². The van der Waals surface area contributed by atoms with E-state index in [9.17, 15) is 9.59 Å². The van der Waals surface area contributed by atoms with E-state index < -0.39 is 0 Å². The summed E-state index contributed by atoms with van der Waals surface area (Å²) in [4.78, 5) is 31.3. The van der Waals surface area contributed by atoms with Crippen molar-refractivity contribution in [1.29, 1.82) is 0 Å². The predicted octanol–water partition coefficient (Wildman–Crippen LogP) is 1.95. The van der Waals surface area contributed by atoms with E-state index in [0.29, 0.717) is 10.6 Å². The summed E-state index contributed by atoms with van der Waals surface area (Å²) in [7, 11) is 0. The largest absolute Gasteiger partial charge is 0.290 e. The highest BCUT2D eigenvalue weighted by Gasteiger charge is 2.25. The molecule has 2 heterocycles. The van der Waals surface area contributed by atoms with Crippen molar-refractivity contribution in [2.24, 2.45) is 0 Å². The summed E-state index contributed by atoms with van der Waals surface area (Å²) in [6.07, 6.45) is 3.14. The predicted molar refractivity (Wildman–Crippen MR) is 68.6 cm³/mol. The van der Waals surface area contributed by atoms with Crippen molar-refractivity contribution in [3.8, 4) is 0 Å². The number of nitrogens with one attached hydrogen (secondary N) is 1. The highest BCUT2D eigenvalue weighted by Crippen LogP contribution is 2.25. The topological polar surface area (TPSA) is 72.0 Å². The first-order chi connectivity index (χ1) is 8.72. The van der Waals surface area contributed by atoms with Crippen LogP contribution < -0.4 is 5.32 Å². The molecule has 2 aromatic rings. The van der Waals surface area contributed by atoms with E-state index in [-0.39, 0.29) is 11.1 Å². The van der Waals surface area contributed by atoms with Crippen molar-refractivity contribution in [2.75, 3.05) is 0 Å². The molecule has 0 bridgehead atoms. The first kappa shape index (κ1) is 10.9. The van der Waals surface area contributed by atoms with Gasteiger partial charge in [-0.2, -0.15) is 0 Å². The quantitative estimate of drug-likeness (QED) is 0.790. The van der Waals surface area contributed by atoms with Crippen LogP contribution in [-0.2, 0) is 4.79 Å². The van der Waals surface area contributed by atoms with Crippen molar-refractivity contribution in [1.82, 2.24) is 15.3 Å². The lowest BCUT2D eigenvalue weighted by atomic mass is 10.3. The molecule has 5 nitrogen and oxygen atoms in total. The molecule has 1 aromatic carbocycles. The number of rotatable bonds is 1. The molecule has 0 atom stereocenters. The molecular formula is C12H7N3O2S. The second kappa shape index (κ2) is 4.23. The molecule has 18 heavy (non-hydrogen) atoms. The minimum atomic E-state index is -0.389. The first-order valence-electron chi connectivity index (χ1n) is 5.19. The summed E-state index contributed by atoms with van der Waals surface area (Å²) >= 11 is 0.868. The summed E-state index contributed by atoms with van der Waals surface area (Å²) in [5.74, 6) is -0.389. The Hall–Kier alpha value is -2.21. The lowest BCUT2D eigenvalue weighted by molar-refractivity contribution is -0.115. The van der Waals surface area contributed by atoms with Crippen LogP contribution in [-0.4, -0.2) is 21.1 Å². The number of carbonyl (C=O) groups excluding carboxylic acids is 2. The minimum absolute atomic E-state index is 0.338. The molecule has 0 spiro atoms. The van der Waals surface area contributed by atoms with Crippen LogP contribution >= 0.6 is 11.8 Å². The van der Waals surface area contributed by atoms with Gasteiger partial charge in [-0.1, -0.05) is 12.1 Å². The third kappa shape index (κ3) is 1.98. The fraction of sp³-hybridized carbons (Fsp3) is 0. The third-order valence-electron chi connectivity index (χ3n) is 2.39. The fourth-order valence-corrected chi connectivity index (χ4v) is 2.26. The molecular weight excluding hydrogens is 250 g/mol. The van der Waals surface area contributed by atoms with E-state index in [1.165, 1.54) is 0 Å². The Labute approximate surface area is 106 Å². The summed E-state index contributed by atoms with van der Waals surface area (Å²) in [5.41, 5.74) is 2.10. The number of benzene rings is 1. The Bertz CT molecular complexity index is 697. The normalized spacial score (nSPS) is 17.4. The van der Waals surface area contributed by atoms with Crippen LogP contribution in [0.15, 0.2) is 35.4 Å². The van der Waals surface area contributed by atoms with Gasteiger partial charge in [0.25, 0.3) is 11.1 Å². The van der Waals surface area contributed by atoms with E-state index in [2.05, 4.69) is 15.3 Å². The highest BCUT2D eigenvalue weighted by molar-refractivity contribution is 8.18. The van der Waals surface area contributed by atoms with Gasteiger partial charge in [0.05, 0.1) is 27.8 Å². The molecule has 1 aromatic heterocycles. The molecule has 6 heteroatoms. The van der Waals surface area contributed by atoms with Crippen LogP contribution in [0.1, 0.15) is 5.69 Å². The first-order valence-corrected chi connectivity index (χ1v) is 6.01. The van der Waals surface area contributed by atoms with Gasteiger partial charge in [-0.05, 0) is 30.0 Å². The van der Waals surface area contributed by atoms with E-state index in [1.54, 1.807) is 12.3 Å². The van der Waals surface area contributed by atoms with Crippen molar-refractivity contribution < 1.29 is 9.59 Å². The third-order valence-corrected chi connectivity index (χ3v) is 3.20. The second-order valence-corrected chi connectivity index (χ2v) is 4.65. The molecule has 1 fully saturated rings. The Morgan fingerprint density at radius 1 is 1.17 bits per heavy atom. The standard InChI is InChI=1S/C12H7N3O2S/c16-11-10(18-12(17)15-11)5-7-6-13-8-3-1-2-4-9(8)14-7/h1-6H,(H,15,16,17)/b10-5-. The molecule has 88 valence electrons. The number of carbonyl (C=O) groups is 2. The Balaban J connectivity index is 2.02. The number of fused-ring (bicyclic) bond motifs is 1. The van der Waals surface area contributed by atoms with Crippen molar-refractivity contribution >= 4 is 40.0 Å². The van der Waals surface area contributed by atoms with Gasteiger partial charge in [-0.3, -0.25) is 19.9 Å². The summed E-state index contributed by atoms with van der Waals surface area (Å²) in [6.45, 7) is 0. The maximum atomic E-state index is 11.4. The van der Waals surface area contributed by atoms with E-state index in [4.69, 9.17) is 0 Å². The van der Waals surface area contributed by atoms with Crippen molar-refractivity contribution in [3.63, 3.8) is 0 Å². The van der Waals surface area contributed by atoms with Gasteiger partial charge >= 0.3 is 0 Å². The van der Waals surface area contributed by atoms with Crippen LogP contribution in [0.25, 0.3) is 17.1 Å². The van der Waals surface area contributed by atoms with E-state index >= 15 is 0 Å². The average Bonchev–Trinajstić information content (AvgIpc) is 2.68. The fourth-order valence-electron chi connectivity index (χ4n) is 1.60. The van der Waals surface area contributed by atoms with Crippen LogP contribution in [0.2, 0.25) is 0 Å². The Morgan fingerprint density at radius 3 is 2.67 bits per heavy atom. The number of thioether (sulfide) groups is 1. The molecule has 0 saturated carbocycles. The second-order valence-electron chi connectivity index (χ2n) is 3.64. The van der Waals surface area contributed by atoms with Crippen LogP contribution in [0.5, 0.6) is 0 Å². The Kier molecular flexibility index (Phi) is 2.56. The average molecular weight is 257 g/mol. The number of aromatic nitrogens is 2. The summed E-state index contributed by atoms with van der Waals surface area (Å²) in [5, 5.41) is 1.83. The number of para-hydroxylation sites is 2. The number of hydrogen-bond acceptors (Lipinski definition) is 5. The Morgan fingerprint density at radius 2 is 1.94 bits per heavy atom. The van der Waals surface area contributed by atoms with Gasteiger partial charge in [0.2, 0.25) is 0 Å². The molecule has 1 aliphatic heterocycles. The monoisotopic (exact) mass is 257 g/mol. The number of nitrogens with zero attached hydrogens (tertiary/aromatic N) is 2. The van der Waals surface area contributed by atoms with Crippen LogP contribution in [0, 0.1) is 0 Å². The highest BCUT2D eigenvalue weighted by atomic mass is 32.2. The van der Waals surface area contributed by atoms with Gasteiger partial charge in [-0.25, -0.2) is 4.98 Å². The molecule has 1 aliphatic rings. The molecule has 2 amide bonds. The van der Waals surface area contributed by atoms with Gasteiger partial charge < -0.3 is 0 Å². The van der Waals surface area contributed by atoms with Gasteiger partial charge in [0.1, 0.15) is 0 Å².